The Labute approximate surface area is 123 Å². The fraction of sp³-hybridized carbons (Fsp3) is 0.923. The van der Waals surface area contributed by atoms with Gasteiger partial charge in [-0.15, -0.1) is 12.4 Å². The Morgan fingerprint density at radius 3 is 2.25 bits per heavy atom. The Morgan fingerprint density at radius 1 is 1.10 bits per heavy atom. The number of hydrogen-bond donors (Lipinski definition) is 1. The highest BCUT2D eigenvalue weighted by atomic mass is 35.5. The number of nitrogens with zero attached hydrogens (tertiary/aromatic N) is 1. The first-order chi connectivity index (χ1) is 8.88. The molecule has 1 saturated heterocycles. The van der Waals surface area contributed by atoms with Gasteiger partial charge in [-0.1, -0.05) is 6.42 Å². The van der Waals surface area contributed by atoms with Crippen molar-refractivity contribution in [1.82, 2.24) is 4.90 Å². The average molecular weight is 315 g/mol. The monoisotopic (exact) mass is 314 g/mol. The molecule has 3 nitrogen and oxygen atoms in total. The normalized spacial score (nSPS) is 28.9. The number of carbonyl (C=O) groups excluding carboxylic acids is 1. The Bertz CT molecular complexity index is 330. The third-order valence-corrected chi connectivity index (χ3v) is 4.34. The molecule has 118 valence electrons. The van der Waals surface area contributed by atoms with Crippen molar-refractivity contribution in [3.05, 3.63) is 0 Å². The third kappa shape index (κ3) is 4.25. The molecule has 2 fully saturated rings. The lowest BCUT2D eigenvalue weighted by Gasteiger charge is -2.36. The summed E-state index contributed by atoms with van der Waals surface area (Å²) in [6.45, 7) is 1.18. The summed E-state index contributed by atoms with van der Waals surface area (Å²) in [5.74, 6) is -1.85. The Hall–Kier alpha value is -0.490. The van der Waals surface area contributed by atoms with Crippen LogP contribution < -0.4 is 5.73 Å². The Balaban J connectivity index is 0.00000200. The predicted molar refractivity (Wildman–Crippen MR) is 72.5 cm³/mol. The van der Waals surface area contributed by atoms with Crippen molar-refractivity contribution >= 4 is 18.3 Å². The molecule has 2 aliphatic rings. The number of rotatable bonds is 1. The first kappa shape index (κ1) is 17.6. The Kier molecular flexibility index (Phi) is 6.13. The number of likely N-dealkylation sites (tertiary alicyclic amines) is 1. The van der Waals surface area contributed by atoms with Crippen molar-refractivity contribution in [2.45, 2.75) is 50.7 Å². The molecule has 2 N–H and O–H groups in total. The van der Waals surface area contributed by atoms with E-state index in [9.17, 15) is 18.0 Å². The van der Waals surface area contributed by atoms with Crippen LogP contribution in [-0.4, -0.2) is 36.1 Å². The molecule has 0 aromatic rings. The molecular formula is C13H22ClF3N2O. The van der Waals surface area contributed by atoms with Gasteiger partial charge in [-0.25, -0.2) is 0 Å². The SMILES string of the molecule is Cl.NC1CCN(C(=O)C2CCCC(C(F)(F)F)C2)CC1. The van der Waals surface area contributed by atoms with E-state index in [1.54, 1.807) is 4.90 Å². The maximum Gasteiger partial charge on any atom is 0.391 e. The molecule has 7 heteroatoms. The van der Waals surface area contributed by atoms with Gasteiger partial charge >= 0.3 is 6.18 Å². The second-order valence-corrected chi connectivity index (χ2v) is 5.76. The number of piperidine rings is 1. The van der Waals surface area contributed by atoms with Crippen LogP contribution in [0.15, 0.2) is 0 Å². The van der Waals surface area contributed by atoms with Gasteiger partial charge in [0.05, 0.1) is 5.92 Å². The molecule has 2 atom stereocenters. The van der Waals surface area contributed by atoms with Crippen LogP contribution in [0.5, 0.6) is 0 Å². The third-order valence-electron chi connectivity index (χ3n) is 4.34. The van der Waals surface area contributed by atoms with Gasteiger partial charge in [-0.3, -0.25) is 4.79 Å². The van der Waals surface area contributed by atoms with Crippen LogP contribution in [0.3, 0.4) is 0 Å². The van der Waals surface area contributed by atoms with Crippen LogP contribution in [-0.2, 0) is 4.79 Å². The molecule has 2 rings (SSSR count). The van der Waals surface area contributed by atoms with Crippen LogP contribution >= 0.6 is 12.4 Å². The summed E-state index contributed by atoms with van der Waals surface area (Å²) in [6, 6.07) is 0.123. The van der Waals surface area contributed by atoms with Crippen molar-refractivity contribution in [3.8, 4) is 0 Å². The summed E-state index contributed by atoms with van der Waals surface area (Å²) < 4.78 is 38.2. The van der Waals surface area contributed by atoms with E-state index in [1.165, 1.54) is 0 Å². The molecular weight excluding hydrogens is 293 g/mol. The molecule has 1 aliphatic heterocycles. The largest absolute Gasteiger partial charge is 0.391 e. The topological polar surface area (TPSA) is 46.3 Å². The van der Waals surface area contributed by atoms with E-state index in [0.29, 0.717) is 25.9 Å². The van der Waals surface area contributed by atoms with E-state index < -0.39 is 18.0 Å². The smallest absolute Gasteiger partial charge is 0.342 e. The molecule has 0 aromatic heterocycles. The van der Waals surface area contributed by atoms with Gasteiger partial charge in [0.15, 0.2) is 0 Å². The number of amides is 1. The molecule has 0 aromatic carbocycles. The first-order valence-electron chi connectivity index (χ1n) is 6.99. The van der Waals surface area contributed by atoms with E-state index in [1.807, 2.05) is 0 Å². The van der Waals surface area contributed by atoms with Crippen molar-refractivity contribution in [3.63, 3.8) is 0 Å². The second-order valence-electron chi connectivity index (χ2n) is 5.76. The maximum atomic E-state index is 12.7. The summed E-state index contributed by atoms with van der Waals surface area (Å²) >= 11 is 0. The second kappa shape index (κ2) is 6.98. The minimum atomic E-state index is -4.16. The van der Waals surface area contributed by atoms with Crippen molar-refractivity contribution in [2.24, 2.45) is 17.6 Å². The van der Waals surface area contributed by atoms with Gasteiger partial charge in [0, 0.05) is 25.0 Å². The number of halogens is 4. The average Bonchev–Trinajstić information content (AvgIpc) is 2.38. The van der Waals surface area contributed by atoms with E-state index >= 15 is 0 Å². The van der Waals surface area contributed by atoms with E-state index in [0.717, 1.165) is 12.8 Å². The number of carbonyl (C=O) groups is 1. The molecule has 1 aliphatic carbocycles. The summed E-state index contributed by atoms with van der Waals surface area (Å²) in [6.07, 6.45) is -1.45. The molecule has 20 heavy (non-hydrogen) atoms. The maximum absolute atomic E-state index is 12.7. The highest BCUT2D eigenvalue weighted by Gasteiger charge is 2.44. The van der Waals surface area contributed by atoms with Crippen LogP contribution in [0.4, 0.5) is 13.2 Å². The van der Waals surface area contributed by atoms with Crippen LogP contribution in [0.25, 0.3) is 0 Å². The molecule has 2 unspecified atom stereocenters. The highest BCUT2D eigenvalue weighted by molar-refractivity contribution is 5.85. The molecule has 1 saturated carbocycles. The fourth-order valence-electron chi connectivity index (χ4n) is 3.09. The standard InChI is InChI=1S/C13H21F3N2O.ClH/c14-13(15,16)10-3-1-2-9(8-10)12(19)18-6-4-11(17)5-7-18;/h9-11H,1-8,17H2;1H. The molecule has 0 spiro atoms. The van der Waals surface area contributed by atoms with E-state index in [-0.39, 0.29) is 37.2 Å². The van der Waals surface area contributed by atoms with Gasteiger partial charge in [0.1, 0.15) is 0 Å². The molecule has 0 bridgehead atoms. The zero-order valence-corrected chi connectivity index (χ0v) is 12.2. The van der Waals surface area contributed by atoms with Crippen LogP contribution in [0.1, 0.15) is 38.5 Å². The zero-order valence-electron chi connectivity index (χ0n) is 11.4. The molecule has 1 heterocycles. The summed E-state index contributed by atoms with van der Waals surface area (Å²) in [7, 11) is 0. The van der Waals surface area contributed by atoms with Gasteiger partial charge < -0.3 is 10.6 Å². The lowest BCUT2D eigenvalue weighted by molar-refractivity contribution is -0.187. The Morgan fingerprint density at radius 2 is 1.70 bits per heavy atom. The van der Waals surface area contributed by atoms with Gasteiger partial charge in [-0.2, -0.15) is 13.2 Å². The summed E-state index contributed by atoms with van der Waals surface area (Å²) in [5, 5.41) is 0. The van der Waals surface area contributed by atoms with Crippen molar-refractivity contribution < 1.29 is 18.0 Å². The highest BCUT2D eigenvalue weighted by Crippen LogP contribution is 2.40. The zero-order chi connectivity index (χ0) is 14.0. The number of hydrogen-bond acceptors (Lipinski definition) is 2. The first-order valence-corrected chi connectivity index (χ1v) is 6.99. The summed E-state index contributed by atoms with van der Waals surface area (Å²) in [5.41, 5.74) is 5.77. The predicted octanol–water partition coefficient (Wildman–Crippen LogP) is 2.73. The van der Waals surface area contributed by atoms with Gasteiger partial charge in [-0.05, 0) is 32.1 Å². The van der Waals surface area contributed by atoms with Crippen LogP contribution in [0, 0.1) is 11.8 Å². The van der Waals surface area contributed by atoms with Gasteiger partial charge in [0.2, 0.25) is 5.91 Å². The number of nitrogens with two attached hydrogens (primary N) is 1. The minimum Gasteiger partial charge on any atom is -0.342 e. The summed E-state index contributed by atoms with van der Waals surface area (Å²) in [4.78, 5) is 14.0. The quantitative estimate of drug-likeness (QED) is 0.809. The van der Waals surface area contributed by atoms with Gasteiger partial charge in [0.25, 0.3) is 0 Å². The fourth-order valence-corrected chi connectivity index (χ4v) is 3.09. The lowest BCUT2D eigenvalue weighted by Crippen LogP contribution is -2.46. The van der Waals surface area contributed by atoms with E-state index in [2.05, 4.69) is 0 Å². The molecule has 1 amide bonds. The van der Waals surface area contributed by atoms with E-state index in [4.69, 9.17) is 5.73 Å². The van der Waals surface area contributed by atoms with Crippen molar-refractivity contribution in [1.29, 1.82) is 0 Å². The lowest BCUT2D eigenvalue weighted by atomic mass is 9.80. The minimum absolute atomic E-state index is 0. The van der Waals surface area contributed by atoms with Crippen LogP contribution in [0.2, 0.25) is 0 Å². The van der Waals surface area contributed by atoms with Crippen molar-refractivity contribution in [2.75, 3.05) is 13.1 Å². The molecule has 0 radical (unpaired) electrons. The number of alkyl halides is 3.